The molecule has 2 unspecified atom stereocenters. The highest BCUT2D eigenvalue weighted by atomic mass is 19.1. The third kappa shape index (κ3) is 3.20. The minimum atomic E-state index is -0.221. The van der Waals surface area contributed by atoms with Gasteiger partial charge in [-0.1, -0.05) is 18.2 Å². The molecule has 2 aromatic rings. The van der Waals surface area contributed by atoms with E-state index in [1.165, 1.54) is 44.4 Å². The number of piperidine rings is 1. The summed E-state index contributed by atoms with van der Waals surface area (Å²) in [6, 6.07) is 13.9. The van der Waals surface area contributed by atoms with Crippen LogP contribution in [0.25, 0.3) is 0 Å². The van der Waals surface area contributed by atoms with Crippen molar-refractivity contribution >= 4 is 5.69 Å². The maximum Gasteiger partial charge on any atom is 0.123 e. The molecule has 27 heavy (non-hydrogen) atoms. The summed E-state index contributed by atoms with van der Waals surface area (Å²) in [6.07, 6.45) is 5.09. The molecule has 0 aromatic heterocycles. The number of halogens is 1. The normalized spacial score (nSPS) is 24.3. The van der Waals surface area contributed by atoms with Crippen LogP contribution in [0.2, 0.25) is 0 Å². The van der Waals surface area contributed by atoms with Gasteiger partial charge in [0.1, 0.15) is 18.2 Å². The summed E-state index contributed by atoms with van der Waals surface area (Å²) >= 11 is 0. The van der Waals surface area contributed by atoms with Crippen molar-refractivity contribution in [2.45, 2.75) is 37.6 Å². The number of nitrogens with zero attached hydrogens (tertiary/aromatic N) is 2. The van der Waals surface area contributed by atoms with Crippen LogP contribution in [0.5, 0.6) is 5.75 Å². The van der Waals surface area contributed by atoms with Crippen LogP contribution in [0, 0.1) is 5.82 Å². The molecule has 5 rings (SSSR count). The van der Waals surface area contributed by atoms with Crippen molar-refractivity contribution in [1.29, 1.82) is 0 Å². The number of aryl methyl sites for hydroxylation is 1. The first-order valence-corrected chi connectivity index (χ1v) is 10.3. The topological polar surface area (TPSA) is 15.7 Å². The third-order valence-electron chi connectivity index (χ3n) is 6.48. The predicted molar refractivity (Wildman–Crippen MR) is 106 cm³/mol. The van der Waals surface area contributed by atoms with Gasteiger partial charge in [-0.2, -0.15) is 0 Å². The minimum Gasteiger partial charge on any atom is -0.492 e. The van der Waals surface area contributed by atoms with Gasteiger partial charge in [0.15, 0.2) is 0 Å². The predicted octanol–water partition coefficient (Wildman–Crippen LogP) is 4.22. The number of likely N-dealkylation sites (tertiary alicyclic amines) is 1. The first-order chi connectivity index (χ1) is 13.3. The number of benzene rings is 2. The van der Waals surface area contributed by atoms with Gasteiger partial charge in [-0.15, -0.1) is 0 Å². The number of hydrogen-bond donors (Lipinski definition) is 0. The molecule has 0 saturated carbocycles. The van der Waals surface area contributed by atoms with Crippen molar-refractivity contribution in [3.05, 3.63) is 59.4 Å². The van der Waals surface area contributed by atoms with E-state index in [1.54, 1.807) is 28.9 Å². The Bertz CT molecular complexity index is 807. The molecule has 1 saturated heterocycles. The number of rotatable bonds is 4. The van der Waals surface area contributed by atoms with Gasteiger partial charge in [0.25, 0.3) is 0 Å². The SMILES string of the molecule is Fc1ccc(OCCN2CCC3C(C2)c2cccc4c2N3CCCC4)cc1. The Balaban J connectivity index is 1.26. The Hall–Kier alpha value is -2.07. The summed E-state index contributed by atoms with van der Waals surface area (Å²) in [6.45, 7) is 5.05. The van der Waals surface area contributed by atoms with Crippen molar-refractivity contribution in [2.75, 3.05) is 37.7 Å². The lowest BCUT2D eigenvalue weighted by Crippen LogP contribution is -2.47. The van der Waals surface area contributed by atoms with Crippen molar-refractivity contribution in [1.82, 2.24) is 4.90 Å². The van der Waals surface area contributed by atoms with E-state index in [4.69, 9.17) is 4.74 Å². The van der Waals surface area contributed by atoms with E-state index in [0.29, 0.717) is 18.6 Å². The van der Waals surface area contributed by atoms with Crippen LogP contribution in [-0.4, -0.2) is 43.7 Å². The summed E-state index contributed by atoms with van der Waals surface area (Å²) in [5, 5.41) is 0. The van der Waals surface area contributed by atoms with Crippen molar-refractivity contribution in [2.24, 2.45) is 0 Å². The first kappa shape index (κ1) is 17.1. The van der Waals surface area contributed by atoms with Gasteiger partial charge in [-0.3, -0.25) is 4.90 Å². The summed E-state index contributed by atoms with van der Waals surface area (Å²) < 4.78 is 18.8. The molecule has 2 aromatic carbocycles. The van der Waals surface area contributed by atoms with Gasteiger partial charge < -0.3 is 9.64 Å². The van der Waals surface area contributed by atoms with Gasteiger partial charge in [0, 0.05) is 43.8 Å². The molecule has 0 aliphatic carbocycles. The fourth-order valence-electron chi connectivity index (χ4n) is 5.22. The number of ether oxygens (including phenoxy) is 1. The number of para-hydroxylation sites is 1. The minimum absolute atomic E-state index is 0.221. The van der Waals surface area contributed by atoms with Crippen LogP contribution in [0.3, 0.4) is 0 Å². The molecule has 0 radical (unpaired) electrons. The molecule has 4 heteroatoms. The first-order valence-electron chi connectivity index (χ1n) is 10.3. The average molecular weight is 366 g/mol. The lowest BCUT2D eigenvalue weighted by molar-refractivity contribution is 0.161. The summed E-state index contributed by atoms with van der Waals surface area (Å²) in [4.78, 5) is 5.27. The largest absolute Gasteiger partial charge is 0.492 e. The molecule has 0 N–H and O–H groups in total. The van der Waals surface area contributed by atoms with E-state index in [9.17, 15) is 4.39 Å². The van der Waals surface area contributed by atoms with Crippen LogP contribution >= 0.6 is 0 Å². The monoisotopic (exact) mass is 366 g/mol. The molecule has 2 atom stereocenters. The van der Waals surface area contributed by atoms with E-state index < -0.39 is 0 Å². The fourth-order valence-corrected chi connectivity index (χ4v) is 5.22. The molecular formula is C23H27FN2O. The van der Waals surface area contributed by atoms with Gasteiger partial charge in [0.05, 0.1) is 0 Å². The lowest BCUT2D eigenvalue weighted by Gasteiger charge is -2.39. The van der Waals surface area contributed by atoms with Crippen molar-refractivity contribution in [3.8, 4) is 5.75 Å². The van der Waals surface area contributed by atoms with Gasteiger partial charge in [0.2, 0.25) is 0 Å². The van der Waals surface area contributed by atoms with E-state index >= 15 is 0 Å². The van der Waals surface area contributed by atoms with E-state index in [2.05, 4.69) is 28.0 Å². The Morgan fingerprint density at radius 2 is 1.93 bits per heavy atom. The number of anilines is 1. The van der Waals surface area contributed by atoms with E-state index in [-0.39, 0.29) is 5.82 Å². The molecule has 3 aliphatic heterocycles. The molecule has 3 nitrogen and oxygen atoms in total. The quantitative estimate of drug-likeness (QED) is 0.806. The maximum atomic E-state index is 13.0. The fraction of sp³-hybridized carbons (Fsp3) is 0.478. The Kier molecular flexibility index (Phi) is 4.52. The van der Waals surface area contributed by atoms with Crippen LogP contribution < -0.4 is 9.64 Å². The Morgan fingerprint density at radius 3 is 2.81 bits per heavy atom. The average Bonchev–Trinajstić information content (AvgIpc) is 2.85. The zero-order chi connectivity index (χ0) is 18.2. The van der Waals surface area contributed by atoms with Crippen LogP contribution in [0.4, 0.5) is 10.1 Å². The second kappa shape index (κ2) is 7.16. The van der Waals surface area contributed by atoms with Crippen LogP contribution in [0.1, 0.15) is 36.3 Å². The van der Waals surface area contributed by atoms with Gasteiger partial charge >= 0.3 is 0 Å². The number of fused-ring (bicyclic) bond motifs is 3. The molecule has 1 fully saturated rings. The molecular weight excluding hydrogens is 339 g/mol. The second-order valence-electron chi connectivity index (χ2n) is 8.07. The lowest BCUT2D eigenvalue weighted by atomic mass is 9.88. The zero-order valence-electron chi connectivity index (χ0n) is 15.7. The standard InChI is InChI=1S/C23H27FN2O/c24-18-7-9-19(10-8-18)27-15-14-25-13-11-22-21(16-25)20-6-3-5-17-4-1-2-12-26(22)23(17)20/h3,5-10,21-22H,1-2,4,11-16H2. The van der Waals surface area contributed by atoms with E-state index in [0.717, 1.165) is 25.4 Å². The highest BCUT2D eigenvalue weighted by molar-refractivity contribution is 5.67. The summed E-state index contributed by atoms with van der Waals surface area (Å²) in [5.74, 6) is 1.15. The van der Waals surface area contributed by atoms with Crippen molar-refractivity contribution < 1.29 is 9.13 Å². The Morgan fingerprint density at radius 1 is 1.04 bits per heavy atom. The molecule has 0 spiro atoms. The maximum absolute atomic E-state index is 13.0. The third-order valence-corrected chi connectivity index (χ3v) is 6.48. The van der Waals surface area contributed by atoms with E-state index in [1.807, 2.05) is 0 Å². The van der Waals surface area contributed by atoms with Crippen LogP contribution in [0.15, 0.2) is 42.5 Å². The highest BCUT2D eigenvalue weighted by Gasteiger charge is 2.42. The van der Waals surface area contributed by atoms with Crippen molar-refractivity contribution in [3.63, 3.8) is 0 Å². The molecule has 0 amide bonds. The Labute approximate surface area is 160 Å². The number of hydrogen-bond acceptors (Lipinski definition) is 3. The highest BCUT2D eigenvalue weighted by Crippen LogP contribution is 2.47. The summed E-state index contributed by atoms with van der Waals surface area (Å²) in [7, 11) is 0. The molecule has 0 bridgehead atoms. The molecule has 3 aliphatic rings. The molecule has 3 heterocycles. The summed E-state index contributed by atoms with van der Waals surface area (Å²) in [5.41, 5.74) is 4.70. The van der Waals surface area contributed by atoms with Crippen LogP contribution in [-0.2, 0) is 6.42 Å². The smallest absolute Gasteiger partial charge is 0.123 e. The van der Waals surface area contributed by atoms with Gasteiger partial charge in [-0.25, -0.2) is 4.39 Å². The second-order valence-corrected chi connectivity index (χ2v) is 8.07. The zero-order valence-corrected chi connectivity index (χ0v) is 15.7. The van der Waals surface area contributed by atoms with Gasteiger partial charge in [-0.05, 0) is 61.1 Å². The molecule has 142 valence electrons.